The molecule has 0 saturated carbocycles. The Bertz CT molecular complexity index is 753. The van der Waals surface area contributed by atoms with Crippen molar-refractivity contribution in [2.45, 2.75) is 45.3 Å². The average molecular weight is 377 g/mol. The van der Waals surface area contributed by atoms with Crippen LogP contribution in [-0.2, 0) is 4.74 Å². The molecule has 2 fully saturated rings. The van der Waals surface area contributed by atoms with Crippen LogP contribution in [0.15, 0.2) is 12.1 Å². The van der Waals surface area contributed by atoms with E-state index >= 15 is 0 Å². The third-order valence-electron chi connectivity index (χ3n) is 4.96. The Morgan fingerprint density at radius 1 is 1.38 bits per heavy atom. The number of nitrogens with zero attached hydrogens (tertiary/aromatic N) is 3. The maximum Gasteiger partial charge on any atom is 0.410 e. The number of hydrogen-bond acceptors (Lipinski definition) is 5. The highest BCUT2D eigenvalue weighted by molar-refractivity contribution is 6.35. The van der Waals surface area contributed by atoms with Gasteiger partial charge in [-0.25, -0.2) is 4.79 Å². The first kappa shape index (κ1) is 18.7. The molecule has 0 bridgehead atoms. The molecule has 7 heteroatoms. The third kappa shape index (κ3) is 3.68. The molecule has 0 aliphatic carbocycles. The molecule has 140 valence electrons. The fourth-order valence-corrected chi connectivity index (χ4v) is 4.08. The molecule has 26 heavy (non-hydrogen) atoms. The maximum absolute atomic E-state index is 12.6. The fourth-order valence-electron chi connectivity index (χ4n) is 3.85. The van der Waals surface area contributed by atoms with Crippen molar-refractivity contribution >= 4 is 29.1 Å². The van der Waals surface area contributed by atoms with Crippen LogP contribution in [0.25, 0.3) is 0 Å². The van der Waals surface area contributed by atoms with Crippen LogP contribution in [0.5, 0.6) is 0 Å². The van der Waals surface area contributed by atoms with Crippen LogP contribution >= 0.6 is 11.6 Å². The highest BCUT2D eigenvalue weighted by atomic mass is 35.5. The number of fused-ring (bicyclic) bond motifs is 1. The number of amides is 1. The first-order chi connectivity index (χ1) is 12.2. The Morgan fingerprint density at radius 2 is 2.12 bits per heavy atom. The largest absolute Gasteiger partial charge is 0.444 e. The first-order valence-electron chi connectivity index (χ1n) is 8.93. The van der Waals surface area contributed by atoms with Gasteiger partial charge in [-0.05, 0) is 51.7 Å². The van der Waals surface area contributed by atoms with Gasteiger partial charge in [0.1, 0.15) is 5.60 Å². The lowest BCUT2D eigenvalue weighted by atomic mass is 9.92. The van der Waals surface area contributed by atoms with Crippen molar-refractivity contribution < 1.29 is 9.53 Å². The van der Waals surface area contributed by atoms with Gasteiger partial charge in [-0.1, -0.05) is 11.6 Å². The Hall–Kier alpha value is -2.13. The molecule has 2 atom stereocenters. The first-order valence-corrected chi connectivity index (χ1v) is 9.31. The summed E-state index contributed by atoms with van der Waals surface area (Å²) < 4.78 is 5.59. The molecule has 2 unspecified atom stereocenters. The normalized spacial score (nSPS) is 22.7. The number of nitrogens with two attached hydrogens (primary N) is 1. The van der Waals surface area contributed by atoms with E-state index < -0.39 is 5.60 Å². The molecular weight excluding hydrogens is 352 g/mol. The van der Waals surface area contributed by atoms with E-state index in [0.29, 0.717) is 35.3 Å². The molecule has 2 saturated heterocycles. The second kappa shape index (κ2) is 6.88. The Morgan fingerprint density at radius 3 is 2.77 bits per heavy atom. The highest BCUT2D eigenvalue weighted by Crippen LogP contribution is 2.39. The lowest BCUT2D eigenvalue weighted by Gasteiger charge is -2.37. The molecule has 2 heterocycles. The average Bonchev–Trinajstić information content (AvgIpc) is 2.99. The number of hydrogen-bond donors (Lipinski definition) is 1. The molecule has 1 aromatic carbocycles. The molecule has 3 rings (SSSR count). The Labute approximate surface area is 159 Å². The third-order valence-corrected chi connectivity index (χ3v) is 5.37. The summed E-state index contributed by atoms with van der Waals surface area (Å²) in [4.78, 5) is 16.6. The van der Waals surface area contributed by atoms with Gasteiger partial charge in [0, 0.05) is 19.6 Å². The van der Waals surface area contributed by atoms with Crippen LogP contribution in [0.1, 0.15) is 39.2 Å². The predicted molar refractivity (Wildman–Crippen MR) is 102 cm³/mol. The lowest BCUT2D eigenvalue weighted by Crippen LogP contribution is -2.50. The van der Waals surface area contributed by atoms with E-state index in [-0.39, 0.29) is 12.1 Å². The molecule has 2 aliphatic rings. The predicted octanol–water partition coefficient (Wildman–Crippen LogP) is 3.63. The summed E-state index contributed by atoms with van der Waals surface area (Å²) in [7, 11) is 0. The summed E-state index contributed by atoms with van der Waals surface area (Å²) in [6.45, 7) is 7.80. The molecule has 2 N–H and O–H groups in total. The monoisotopic (exact) mass is 376 g/mol. The van der Waals surface area contributed by atoms with E-state index in [9.17, 15) is 10.1 Å². The van der Waals surface area contributed by atoms with Gasteiger partial charge in [0.15, 0.2) is 0 Å². The number of likely N-dealkylation sites (tertiary alicyclic amines) is 1. The van der Waals surface area contributed by atoms with Gasteiger partial charge in [0.05, 0.1) is 34.1 Å². The number of anilines is 2. The van der Waals surface area contributed by atoms with Crippen molar-refractivity contribution in [1.82, 2.24) is 4.90 Å². The zero-order chi connectivity index (χ0) is 19.1. The van der Waals surface area contributed by atoms with Crippen LogP contribution in [0.4, 0.5) is 16.2 Å². The number of nitrogen functional groups attached to an aromatic ring is 1. The summed E-state index contributed by atoms with van der Waals surface area (Å²) >= 11 is 6.40. The smallest absolute Gasteiger partial charge is 0.410 e. The molecule has 0 radical (unpaired) electrons. The van der Waals surface area contributed by atoms with Crippen molar-refractivity contribution in [3.8, 4) is 6.07 Å². The summed E-state index contributed by atoms with van der Waals surface area (Å²) in [5.74, 6) is 0.360. The minimum Gasteiger partial charge on any atom is -0.444 e. The van der Waals surface area contributed by atoms with Gasteiger partial charge in [-0.2, -0.15) is 5.26 Å². The van der Waals surface area contributed by atoms with E-state index in [1.807, 2.05) is 25.7 Å². The van der Waals surface area contributed by atoms with E-state index in [2.05, 4.69) is 11.0 Å². The molecule has 1 aromatic rings. The highest BCUT2D eigenvalue weighted by Gasteiger charge is 2.42. The topological polar surface area (TPSA) is 82.6 Å². The number of benzene rings is 1. The van der Waals surface area contributed by atoms with Crippen LogP contribution in [0.2, 0.25) is 5.02 Å². The van der Waals surface area contributed by atoms with Gasteiger partial charge in [-0.3, -0.25) is 0 Å². The Kier molecular flexibility index (Phi) is 4.94. The minimum absolute atomic E-state index is 0.0848. The van der Waals surface area contributed by atoms with E-state index in [1.54, 1.807) is 12.1 Å². The number of carbonyl (C=O) groups excluding carboxylic acids is 1. The van der Waals surface area contributed by atoms with Crippen molar-refractivity contribution in [3.05, 3.63) is 22.7 Å². The lowest BCUT2D eigenvalue weighted by molar-refractivity contribution is 0.00670. The zero-order valence-corrected chi connectivity index (χ0v) is 16.2. The number of piperidine rings is 1. The number of ether oxygens (including phenoxy) is 1. The Balaban J connectivity index is 1.83. The van der Waals surface area contributed by atoms with Crippen molar-refractivity contribution in [3.63, 3.8) is 0 Å². The quantitative estimate of drug-likeness (QED) is 0.757. The molecule has 0 spiro atoms. The van der Waals surface area contributed by atoms with Crippen LogP contribution < -0.4 is 10.6 Å². The van der Waals surface area contributed by atoms with E-state index in [0.717, 1.165) is 25.1 Å². The van der Waals surface area contributed by atoms with E-state index in [1.165, 1.54) is 0 Å². The molecule has 1 amide bonds. The van der Waals surface area contributed by atoms with Gasteiger partial charge in [0.2, 0.25) is 0 Å². The molecular formula is C19H25ClN4O2. The summed E-state index contributed by atoms with van der Waals surface area (Å²) in [6, 6.07) is 5.57. The summed E-state index contributed by atoms with van der Waals surface area (Å²) in [5, 5.41) is 9.68. The SMILES string of the molecule is CC(C)(C)OC(=O)N1CCCC2CN(c3cc(C#N)cc(N)c3Cl)CC21. The number of halogens is 1. The van der Waals surface area contributed by atoms with Crippen molar-refractivity contribution in [2.75, 3.05) is 30.3 Å². The summed E-state index contributed by atoms with van der Waals surface area (Å²) in [6.07, 6.45) is 1.76. The van der Waals surface area contributed by atoms with Gasteiger partial charge in [-0.15, -0.1) is 0 Å². The van der Waals surface area contributed by atoms with Crippen molar-refractivity contribution in [2.24, 2.45) is 5.92 Å². The fraction of sp³-hybridized carbons (Fsp3) is 0.579. The van der Waals surface area contributed by atoms with Crippen LogP contribution in [-0.4, -0.2) is 42.3 Å². The zero-order valence-electron chi connectivity index (χ0n) is 15.5. The minimum atomic E-state index is -0.513. The molecule has 0 aromatic heterocycles. The number of rotatable bonds is 1. The second-order valence-corrected chi connectivity index (χ2v) is 8.44. The van der Waals surface area contributed by atoms with Gasteiger partial charge >= 0.3 is 6.09 Å². The van der Waals surface area contributed by atoms with Gasteiger partial charge in [0.25, 0.3) is 0 Å². The van der Waals surface area contributed by atoms with Crippen LogP contribution in [0.3, 0.4) is 0 Å². The standard InChI is InChI=1S/C19H25ClN4O2/c1-19(2,3)26-18(25)24-6-4-5-13-10-23(11-16(13)24)15-8-12(9-21)7-14(22)17(15)20/h7-8,13,16H,4-6,10-11,22H2,1-3H3. The maximum atomic E-state index is 12.6. The number of carbonyl (C=O) groups is 1. The second-order valence-electron chi connectivity index (χ2n) is 8.06. The molecule has 2 aliphatic heterocycles. The van der Waals surface area contributed by atoms with Gasteiger partial charge < -0.3 is 20.3 Å². The summed E-state index contributed by atoms with van der Waals surface area (Å²) in [5.41, 5.74) is 7.10. The van der Waals surface area contributed by atoms with Crippen molar-refractivity contribution in [1.29, 1.82) is 5.26 Å². The number of nitriles is 1. The van der Waals surface area contributed by atoms with E-state index in [4.69, 9.17) is 22.1 Å². The molecule has 6 nitrogen and oxygen atoms in total. The van der Waals surface area contributed by atoms with Crippen LogP contribution in [0, 0.1) is 17.2 Å².